The average molecular weight is 263 g/mol. The Labute approximate surface area is 116 Å². The van der Waals surface area contributed by atoms with E-state index >= 15 is 0 Å². The monoisotopic (exact) mass is 263 g/mol. The first kappa shape index (κ1) is 14.3. The summed E-state index contributed by atoms with van der Waals surface area (Å²) in [5, 5.41) is 3.22. The van der Waals surface area contributed by atoms with Crippen LogP contribution in [0.1, 0.15) is 32.0 Å². The van der Waals surface area contributed by atoms with E-state index in [4.69, 9.17) is 4.74 Å². The summed E-state index contributed by atoms with van der Waals surface area (Å²) in [6.45, 7) is 11.2. The molecule has 2 rings (SSSR count). The van der Waals surface area contributed by atoms with Gasteiger partial charge in [0.15, 0.2) is 0 Å². The third-order valence-corrected chi connectivity index (χ3v) is 3.38. The van der Waals surface area contributed by atoms with E-state index in [2.05, 4.69) is 42.0 Å². The molecule has 1 atom stereocenters. The molecule has 106 valence electrons. The summed E-state index contributed by atoms with van der Waals surface area (Å²) in [5.41, 5.74) is 3.49. The Hall–Kier alpha value is -1.13. The quantitative estimate of drug-likeness (QED) is 0.906. The van der Waals surface area contributed by atoms with Crippen LogP contribution in [0.15, 0.2) is 12.3 Å². The molecule has 0 spiro atoms. The Balaban J connectivity index is 2.31. The minimum atomic E-state index is -0.105. The van der Waals surface area contributed by atoms with Crippen molar-refractivity contribution in [1.82, 2.24) is 10.3 Å². The fraction of sp³-hybridized carbons (Fsp3) is 0.667. The zero-order chi connectivity index (χ0) is 14.0. The number of nitrogens with one attached hydrogen (secondary N) is 1. The van der Waals surface area contributed by atoms with Crippen molar-refractivity contribution in [3.63, 3.8) is 0 Å². The highest BCUT2D eigenvalue weighted by Crippen LogP contribution is 2.28. The fourth-order valence-corrected chi connectivity index (χ4v) is 2.83. The summed E-state index contributed by atoms with van der Waals surface area (Å²) < 4.78 is 5.98. The number of anilines is 1. The van der Waals surface area contributed by atoms with Crippen molar-refractivity contribution in [2.45, 2.75) is 45.9 Å². The van der Waals surface area contributed by atoms with Crippen molar-refractivity contribution in [2.24, 2.45) is 0 Å². The molecule has 1 fully saturated rings. The molecule has 1 unspecified atom stereocenters. The van der Waals surface area contributed by atoms with Gasteiger partial charge < -0.3 is 15.0 Å². The summed E-state index contributed by atoms with van der Waals surface area (Å²) in [4.78, 5) is 6.84. The molecule has 1 aromatic rings. The van der Waals surface area contributed by atoms with E-state index in [0.29, 0.717) is 0 Å². The van der Waals surface area contributed by atoms with Crippen LogP contribution in [-0.4, -0.2) is 36.8 Å². The molecule has 1 aromatic heterocycles. The van der Waals surface area contributed by atoms with Gasteiger partial charge in [-0.15, -0.1) is 0 Å². The molecule has 0 aromatic carbocycles. The average Bonchev–Trinajstić information content (AvgIpc) is 2.29. The van der Waals surface area contributed by atoms with Gasteiger partial charge in [-0.25, -0.2) is 0 Å². The molecule has 2 heterocycles. The molecule has 19 heavy (non-hydrogen) atoms. The number of morpholine rings is 1. The third kappa shape index (κ3) is 3.45. The van der Waals surface area contributed by atoms with Crippen molar-refractivity contribution in [3.8, 4) is 0 Å². The lowest BCUT2D eigenvalue weighted by molar-refractivity contribution is -0.0750. The zero-order valence-electron chi connectivity index (χ0n) is 12.7. The summed E-state index contributed by atoms with van der Waals surface area (Å²) in [5.74, 6) is 0. The first-order valence-electron chi connectivity index (χ1n) is 6.94. The molecule has 0 aliphatic carbocycles. The number of pyridine rings is 1. The molecule has 1 aliphatic rings. The second kappa shape index (κ2) is 5.47. The van der Waals surface area contributed by atoms with E-state index in [1.807, 2.05) is 20.2 Å². The lowest BCUT2D eigenvalue weighted by atomic mass is 10.0. The van der Waals surface area contributed by atoms with Crippen molar-refractivity contribution in [1.29, 1.82) is 0 Å². The van der Waals surface area contributed by atoms with Crippen LogP contribution in [-0.2, 0) is 11.3 Å². The first-order chi connectivity index (χ1) is 8.91. The van der Waals surface area contributed by atoms with Crippen LogP contribution in [0.5, 0.6) is 0 Å². The van der Waals surface area contributed by atoms with Gasteiger partial charge in [-0.1, -0.05) is 0 Å². The minimum Gasteiger partial charge on any atom is -0.369 e. The molecule has 4 nitrogen and oxygen atoms in total. The van der Waals surface area contributed by atoms with Crippen molar-refractivity contribution < 1.29 is 4.74 Å². The van der Waals surface area contributed by atoms with E-state index in [0.717, 1.165) is 25.3 Å². The minimum absolute atomic E-state index is 0.105. The highest BCUT2D eigenvalue weighted by Gasteiger charge is 2.32. The van der Waals surface area contributed by atoms with Crippen LogP contribution in [0.3, 0.4) is 0 Å². The molecule has 0 saturated carbocycles. The first-order valence-corrected chi connectivity index (χ1v) is 6.94. The van der Waals surface area contributed by atoms with Crippen LogP contribution >= 0.6 is 0 Å². The van der Waals surface area contributed by atoms with Gasteiger partial charge in [0.05, 0.1) is 11.7 Å². The molecule has 1 aliphatic heterocycles. The number of aryl methyl sites for hydroxylation is 1. The molecule has 0 bridgehead atoms. The van der Waals surface area contributed by atoms with Crippen LogP contribution in [0.25, 0.3) is 0 Å². The SMILES string of the molecule is CNCc1cnc(C)cc1N1CC(C)OC(C)(C)C1. The Bertz CT molecular complexity index is 445. The molecular weight excluding hydrogens is 238 g/mol. The summed E-state index contributed by atoms with van der Waals surface area (Å²) >= 11 is 0. The normalized spacial score (nSPS) is 22.6. The smallest absolute Gasteiger partial charge is 0.0805 e. The van der Waals surface area contributed by atoms with Gasteiger partial charge in [0.2, 0.25) is 0 Å². The second-order valence-corrected chi connectivity index (χ2v) is 6.05. The number of rotatable bonds is 3. The van der Waals surface area contributed by atoms with Crippen LogP contribution in [0, 0.1) is 6.92 Å². The lowest BCUT2D eigenvalue weighted by Crippen LogP contribution is -2.52. The van der Waals surface area contributed by atoms with Gasteiger partial charge in [0.1, 0.15) is 0 Å². The Kier molecular flexibility index (Phi) is 4.11. The van der Waals surface area contributed by atoms with E-state index in [-0.39, 0.29) is 11.7 Å². The predicted octanol–water partition coefficient (Wildman–Crippen LogP) is 2.11. The highest BCUT2D eigenvalue weighted by molar-refractivity contribution is 5.54. The number of ether oxygens (including phenoxy) is 1. The van der Waals surface area contributed by atoms with Crippen LogP contribution in [0.2, 0.25) is 0 Å². The molecule has 0 radical (unpaired) electrons. The van der Waals surface area contributed by atoms with Gasteiger partial charge in [-0.2, -0.15) is 0 Å². The predicted molar refractivity (Wildman–Crippen MR) is 78.6 cm³/mol. The highest BCUT2D eigenvalue weighted by atomic mass is 16.5. The van der Waals surface area contributed by atoms with Gasteiger partial charge in [-0.05, 0) is 40.8 Å². The molecular formula is C15H25N3O. The van der Waals surface area contributed by atoms with Crippen LogP contribution < -0.4 is 10.2 Å². The van der Waals surface area contributed by atoms with Crippen molar-refractivity contribution in [2.75, 3.05) is 25.0 Å². The Morgan fingerprint density at radius 3 is 2.89 bits per heavy atom. The largest absolute Gasteiger partial charge is 0.369 e. The maximum absolute atomic E-state index is 5.98. The number of aromatic nitrogens is 1. The Morgan fingerprint density at radius 1 is 1.53 bits per heavy atom. The zero-order valence-corrected chi connectivity index (χ0v) is 12.7. The van der Waals surface area contributed by atoms with Crippen LogP contribution in [0.4, 0.5) is 5.69 Å². The Morgan fingerprint density at radius 2 is 2.26 bits per heavy atom. The fourth-order valence-electron chi connectivity index (χ4n) is 2.83. The van der Waals surface area contributed by atoms with Gasteiger partial charge >= 0.3 is 0 Å². The second-order valence-electron chi connectivity index (χ2n) is 6.05. The van der Waals surface area contributed by atoms with E-state index < -0.39 is 0 Å². The van der Waals surface area contributed by atoms with Crippen molar-refractivity contribution >= 4 is 5.69 Å². The summed E-state index contributed by atoms with van der Waals surface area (Å²) in [6.07, 6.45) is 2.23. The lowest BCUT2D eigenvalue weighted by Gasteiger charge is -2.43. The maximum Gasteiger partial charge on any atom is 0.0805 e. The molecule has 1 N–H and O–H groups in total. The van der Waals surface area contributed by atoms with Crippen molar-refractivity contribution in [3.05, 3.63) is 23.5 Å². The van der Waals surface area contributed by atoms with E-state index in [1.165, 1.54) is 11.3 Å². The molecule has 1 saturated heterocycles. The van der Waals surface area contributed by atoms with Gasteiger partial charge in [0.25, 0.3) is 0 Å². The number of hydrogen-bond acceptors (Lipinski definition) is 4. The third-order valence-electron chi connectivity index (χ3n) is 3.38. The van der Waals surface area contributed by atoms with Gasteiger partial charge in [-0.3, -0.25) is 4.98 Å². The topological polar surface area (TPSA) is 37.4 Å². The van der Waals surface area contributed by atoms with E-state index in [1.54, 1.807) is 0 Å². The molecule has 4 heteroatoms. The standard InChI is InChI=1S/C15H25N3O/c1-11-6-14(13(7-16-5)8-17-11)18-9-12(2)19-15(3,4)10-18/h6,8,12,16H,7,9-10H2,1-5H3. The number of nitrogens with zero attached hydrogens (tertiary/aromatic N) is 2. The maximum atomic E-state index is 5.98. The van der Waals surface area contributed by atoms with Gasteiger partial charge in [0, 0.05) is 42.8 Å². The molecule has 0 amide bonds. The summed E-state index contributed by atoms with van der Waals surface area (Å²) in [6, 6.07) is 2.18. The van der Waals surface area contributed by atoms with E-state index in [9.17, 15) is 0 Å². The number of hydrogen-bond donors (Lipinski definition) is 1. The summed E-state index contributed by atoms with van der Waals surface area (Å²) in [7, 11) is 1.97.